The lowest BCUT2D eigenvalue weighted by Crippen LogP contribution is -2.29. The predicted octanol–water partition coefficient (Wildman–Crippen LogP) is 0.490. The van der Waals surface area contributed by atoms with Gasteiger partial charge >= 0.3 is 7.12 Å². The Morgan fingerprint density at radius 2 is 2.14 bits per heavy atom. The zero-order chi connectivity index (χ0) is 9.97. The van der Waals surface area contributed by atoms with Crippen molar-refractivity contribution >= 4 is 23.9 Å². The van der Waals surface area contributed by atoms with Crippen LogP contribution in [0.1, 0.15) is 0 Å². The molecule has 70 valence electrons. The van der Waals surface area contributed by atoms with Gasteiger partial charge in [0.05, 0.1) is 10.4 Å². The molecule has 2 aromatic rings. The molecule has 0 aliphatic heterocycles. The van der Waals surface area contributed by atoms with Crippen LogP contribution in [0.3, 0.4) is 0 Å². The molecule has 14 heavy (non-hydrogen) atoms. The molecule has 0 atom stereocenters. The van der Waals surface area contributed by atoms with Gasteiger partial charge < -0.3 is 10.0 Å². The van der Waals surface area contributed by atoms with Crippen LogP contribution in [0.25, 0.3) is 10.4 Å². The first-order valence-electron chi connectivity index (χ1n) is 4.12. The second-order valence-corrected chi connectivity index (χ2v) is 3.75. The molecule has 5 heteroatoms. The van der Waals surface area contributed by atoms with Gasteiger partial charge in [-0.2, -0.15) is 0 Å². The van der Waals surface area contributed by atoms with Gasteiger partial charge in [-0.05, 0) is 11.0 Å². The molecule has 0 bridgehead atoms. The fraction of sp³-hybridized carbons (Fsp3) is 0. The van der Waals surface area contributed by atoms with E-state index in [-0.39, 0.29) is 0 Å². The van der Waals surface area contributed by atoms with Crippen molar-refractivity contribution in [2.24, 2.45) is 0 Å². The molecule has 2 rings (SSSR count). The van der Waals surface area contributed by atoms with E-state index in [2.05, 4.69) is 4.98 Å². The highest BCUT2D eigenvalue weighted by atomic mass is 32.1. The summed E-state index contributed by atoms with van der Waals surface area (Å²) in [5.41, 5.74) is 3.20. The van der Waals surface area contributed by atoms with Crippen molar-refractivity contribution in [1.29, 1.82) is 0 Å². The lowest BCUT2D eigenvalue weighted by atomic mass is 9.79. The molecule has 0 aliphatic carbocycles. The number of aromatic nitrogens is 1. The minimum Gasteiger partial charge on any atom is -0.423 e. The van der Waals surface area contributed by atoms with Gasteiger partial charge in [0.2, 0.25) is 0 Å². The summed E-state index contributed by atoms with van der Waals surface area (Å²) < 4.78 is 0. The third-order valence-corrected chi connectivity index (χ3v) is 2.72. The summed E-state index contributed by atoms with van der Waals surface area (Å²) in [6.07, 6.45) is 1.76. The second-order valence-electron chi connectivity index (χ2n) is 2.86. The minimum atomic E-state index is -1.41. The van der Waals surface area contributed by atoms with Gasteiger partial charge in [0.1, 0.15) is 0 Å². The highest BCUT2D eigenvalue weighted by molar-refractivity contribution is 7.13. The summed E-state index contributed by atoms with van der Waals surface area (Å²) >= 11 is 1.52. The van der Waals surface area contributed by atoms with Crippen LogP contribution in [0.15, 0.2) is 36.0 Å². The summed E-state index contributed by atoms with van der Waals surface area (Å²) in [6, 6.07) is 7.14. The van der Waals surface area contributed by atoms with Crippen molar-refractivity contribution in [2.75, 3.05) is 0 Å². The number of thiazole rings is 1. The van der Waals surface area contributed by atoms with Crippen molar-refractivity contribution < 1.29 is 10.0 Å². The number of benzene rings is 1. The molecule has 3 nitrogen and oxygen atoms in total. The molecule has 1 aromatic carbocycles. The Labute approximate surface area is 85.8 Å². The number of nitrogens with zero attached hydrogens (tertiary/aromatic N) is 1. The number of hydrogen-bond acceptors (Lipinski definition) is 4. The van der Waals surface area contributed by atoms with Crippen LogP contribution in [0.4, 0.5) is 0 Å². The summed E-state index contributed by atoms with van der Waals surface area (Å²) in [5.74, 6) is 0. The van der Waals surface area contributed by atoms with Gasteiger partial charge in [-0.1, -0.05) is 24.3 Å². The van der Waals surface area contributed by atoms with E-state index < -0.39 is 7.12 Å². The van der Waals surface area contributed by atoms with E-state index in [1.54, 1.807) is 29.9 Å². The molecular weight excluding hydrogens is 197 g/mol. The van der Waals surface area contributed by atoms with E-state index in [1.165, 1.54) is 11.3 Å². The van der Waals surface area contributed by atoms with Crippen molar-refractivity contribution in [3.8, 4) is 10.4 Å². The summed E-state index contributed by atoms with van der Waals surface area (Å²) in [4.78, 5) is 4.99. The summed E-state index contributed by atoms with van der Waals surface area (Å²) in [7, 11) is -1.41. The van der Waals surface area contributed by atoms with Crippen LogP contribution >= 0.6 is 11.3 Å². The van der Waals surface area contributed by atoms with Gasteiger partial charge in [0, 0.05) is 6.20 Å². The first-order chi connectivity index (χ1) is 6.77. The van der Waals surface area contributed by atoms with Gasteiger partial charge in [-0.15, -0.1) is 11.3 Å². The Balaban J connectivity index is 2.41. The van der Waals surface area contributed by atoms with Crippen LogP contribution in [0.2, 0.25) is 0 Å². The van der Waals surface area contributed by atoms with E-state index in [0.717, 1.165) is 10.4 Å². The number of hydrogen-bond donors (Lipinski definition) is 2. The molecule has 0 unspecified atom stereocenters. The normalized spacial score (nSPS) is 10.1. The molecule has 1 heterocycles. The Morgan fingerprint density at radius 3 is 2.79 bits per heavy atom. The second kappa shape index (κ2) is 3.92. The standard InChI is InChI=1S/C9H8BNO2S/c12-10(13)8-3-1-2-7(4-8)9-5-11-6-14-9/h1-6,12-13H. The first kappa shape index (κ1) is 9.39. The Morgan fingerprint density at radius 1 is 1.29 bits per heavy atom. The maximum Gasteiger partial charge on any atom is 0.488 e. The highest BCUT2D eigenvalue weighted by Gasteiger charge is 2.11. The van der Waals surface area contributed by atoms with Gasteiger partial charge in [0.15, 0.2) is 0 Å². The summed E-state index contributed by atoms with van der Waals surface area (Å²) in [6.45, 7) is 0. The average molecular weight is 205 g/mol. The van der Waals surface area contributed by atoms with E-state index in [4.69, 9.17) is 10.0 Å². The fourth-order valence-electron chi connectivity index (χ4n) is 1.21. The molecule has 0 aliphatic rings. The minimum absolute atomic E-state index is 0.496. The molecule has 0 radical (unpaired) electrons. The van der Waals surface area contributed by atoms with Crippen LogP contribution in [-0.2, 0) is 0 Å². The first-order valence-corrected chi connectivity index (χ1v) is 5.00. The van der Waals surface area contributed by atoms with Crippen molar-refractivity contribution in [3.63, 3.8) is 0 Å². The SMILES string of the molecule is OB(O)c1cccc(-c2cncs2)c1. The van der Waals surface area contributed by atoms with Crippen LogP contribution < -0.4 is 5.46 Å². The van der Waals surface area contributed by atoms with E-state index in [0.29, 0.717) is 5.46 Å². The molecular formula is C9H8BNO2S. The highest BCUT2D eigenvalue weighted by Crippen LogP contribution is 2.21. The average Bonchev–Trinajstić information content (AvgIpc) is 2.71. The monoisotopic (exact) mass is 205 g/mol. The fourth-order valence-corrected chi connectivity index (χ4v) is 1.83. The maximum atomic E-state index is 8.99. The Kier molecular flexibility index (Phi) is 2.63. The molecule has 0 fully saturated rings. The van der Waals surface area contributed by atoms with Gasteiger partial charge in [-0.25, -0.2) is 0 Å². The Bertz CT molecular complexity index is 417. The third kappa shape index (κ3) is 1.84. The van der Waals surface area contributed by atoms with Crippen molar-refractivity contribution in [1.82, 2.24) is 4.98 Å². The third-order valence-electron chi connectivity index (χ3n) is 1.90. The van der Waals surface area contributed by atoms with E-state index >= 15 is 0 Å². The largest absolute Gasteiger partial charge is 0.488 e. The Hall–Kier alpha value is -1.17. The van der Waals surface area contributed by atoms with Crippen LogP contribution in [-0.4, -0.2) is 22.2 Å². The maximum absolute atomic E-state index is 8.99. The molecule has 1 aromatic heterocycles. The van der Waals surface area contributed by atoms with Gasteiger partial charge in [-0.3, -0.25) is 4.98 Å². The molecule has 2 N–H and O–H groups in total. The lowest BCUT2D eigenvalue weighted by Gasteiger charge is -2.01. The molecule has 0 amide bonds. The predicted molar refractivity (Wildman–Crippen MR) is 57.4 cm³/mol. The molecule has 0 saturated heterocycles. The zero-order valence-corrected chi connectivity index (χ0v) is 8.11. The lowest BCUT2D eigenvalue weighted by molar-refractivity contribution is 0.426. The van der Waals surface area contributed by atoms with Crippen molar-refractivity contribution in [2.45, 2.75) is 0 Å². The zero-order valence-electron chi connectivity index (χ0n) is 7.29. The van der Waals surface area contributed by atoms with E-state index in [9.17, 15) is 0 Å². The molecule has 0 saturated carbocycles. The summed E-state index contributed by atoms with van der Waals surface area (Å²) in [5, 5.41) is 18.0. The smallest absolute Gasteiger partial charge is 0.423 e. The topological polar surface area (TPSA) is 53.4 Å². The van der Waals surface area contributed by atoms with Gasteiger partial charge in [0.25, 0.3) is 0 Å². The molecule has 0 spiro atoms. The van der Waals surface area contributed by atoms with Crippen molar-refractivity contribution in [3.05, 3.63) is 36.0 Å². The van der Waals surface area contributed by atoms with Crippen LogP contribution in [0, 0.1) is 0 Å². The van der Waals surface area contributed by atoms with E-state index in [1.807, 2.05) is 6.07 Å². The quantitative estimate of drug-likeness (QED) is 0.701. The number of rotatable bonds is 2. The van der Waals surface area contributed by atoms with Crippen LogP contribution in [0.5, 0.6) is 0 Å².